The SMILES string of the molecule is CCCCCCc1ccc(C(=O)N2CCN(c3ccccc3)CC2)cc1. The number of benzene rings is 2. The van der Waals surface area contributed by atoms with Crippen molar-refractivity contribution in [2.24, 2.45) is 0 Å². The lowest BCUT2D eigenvalue weighted by molar-refractivity contribution is 0.0747. The molecule has 3 nitrogen and oxygen atoms in total. The number of amides is 1. The van der Waals surface area contributed by atoms with Gasteiger partial charge in [0.2, 0.25) is 0 Å². The summed E-state index contributed by atoms with van der Waals surface area (Å²) in [5.41, 5.74) is 3.40. The Morgan fingerprint density at radius 2 is 1.54 bits per heavy atom. The van der Waals surface area contributed by atoms with Crippen molar-refractivity contribution in [3.05, 3.63) is 65.7 Å². The number of aryl methyl sites for hydroxylation is 1. The normalized spacial score (nSPS) is 14.5. The summed E-state index contributed by atoms with van der Waals surface area (Å²) >= 11 is 0. The average Bonchev–Trinajstić information content (AvgIpc) is 2.72. The Bertz CT molecular complexity index is 673. The van der Waals surface area contributed by atoms with Crippen LogP contribution in [0.4, 0.5) is 5.69 Å². The molecule has 1 heterocycles. The Balaban J connectivity index is 1.50. The fourth-order valence-corrected chi connectivity index (χ4v) is 3.56. The number of hydrogen-bond acceptors (Lipinski definition) is 2. The third kappa shape index (κ3) is 4.87. The Kier molecular flexibility index (Phi) is 6.70. The van der Waals surface area contributed by atoms with Crippen molar-refractivity contribution in [1.29, 1.82) is 0 Å². The molecule has 3 rings (SSSR count). The van der Waals surface area contributed by atoms with Gasteiger partial charge in [0.15, 0.2) is 0 Å². The molecule has 1 aliphatic rings. The maximum absolute atomic E-state index is 12.8. The van der Waals surface area contributed by atoms with Crippen LogP contribution in [-0.4, -0.2) is 37.0 Å². The van der Waals surface area contributed by atoms with E-state index in [4.69, 9.17) is 0 Å². The van der Waals surface area contributed by atoms with Gasteiger partial charge in [-0.15, -0.1) is 0 Å². The molecule has 2 aromatic rings. The zero-order chi connectivity index (χ0) is 18.2. The molecule has 2 aromatic carbocycles. The van der Waals surface area contributed by atoms with E-state index in [1.54, 1.807) is 0 Å². The van der Waals surface area contributed by atoms with Crippen molar-refractivity contribution in [2.75, 3.05) is 31.1 Å². The monoisotopic (exact) mass is 350 g/mol. The summed E-state index contributed by atoms with van der Waals surface area (Å²) < 4.78 is 0. The van der Waals surface area contributed by atoms with Gasteiger partial charge >= 0.3 is 0 Å². The maximum atomic E-state index is 12.8. The average molecular weight is 351 g/mol. The van der Waals surface area contributed by atoms with E-state index in [1.807, 2.05) is 23.1 Å². The molecule has 1 saturated heterocycles. The Morgan fingerprint density at radius 1 is 0.846 bits per heavy atom. The topological polar surface area (TPSA) is 23.6 Å². The minimum absolute atomic E-state index is 0.162. The first-order valence-corrected chi connectivity index (χ1v) is 9.96. The first-order chi connectivity index (χ1) is 12.8. The van der Waals surface area contributed by atoms with Gasteiger partial charge in [0.25, 0.3) is 5.91 Å². The molecule has 0 spiro atoms. The van der Waals surface area contributed by atoms with Crippen molar-refractivity contribution in [3.63, 3.8) is 0 Å². The lowest BCUT2D eigenvalue weighted by Gasteiger charge is -2.36. The van der Waals surface area contributed by atoms with Crippen molar-refractivity contribution in [1.82, 2.24) is 4.90 Å². The predicted molar refractivity (Wildman–Crippen MR) is 109 cm³/mol. The highest BCUT2D eigenvalue weighted by Gasteiger charge is 2.22. The molecular formula is C23H30N2O. The van der Waals surface area contributed by atoms with Gasteiger partial charge in [-0.05, 0) is 42.7 Å². The fraction of sp³-hybridized carbons (Fsp3) is 0.435. The largest absolute Gasteiger partial charge is 0.368 e. The first-order valence-electron chi connectivity index (χ1n) is 9.96. The van der Waals surface area contributed by atoms with Crippen LogP contribution in [0.5, 0.6) is 0 Å². The molecule has 0 bridgehead atoms. The molecule has 0 atom stereocenters. The second-order valence-corrected chi connectivity index (χ2v) is 7.12. The highest BCUT2D eigenvalue weighted by Crippen LogP contribution is 2.17. The van der Waals surface area contributed by atoms with Crippen LogP contribution < -0.4 is 4.90 Å². The van der Waals surface area contributed by atoms with Crippen molar-refractivity contribution in [2.45, 2.75) is 39.0 Å². The molecule has 26 heavy (non-hydrogen) atoms. The lowest BCUT2D eigenvalue weighted by atomic mass is 10.0. The maximum Gasteiger partial charge on any atom is 0.253 e. The predicted octanol–water partition coefficient (Wildman–Crippen LogP) is 4.77. The summed E-state index contributed by atoms with van der Waals surface area (Å²) in [6, 6.07) is 18.7. The van der Waals surface area contributed by atoms with Gasteiger partial charge in [-0.3, -0.25) is 4.79 Å². The minimum Gasteiger partial charge on any atom is -0.368 e. The van der Waals surface area contributed by atoms with Crippen LogP contribution in [0, 0.1) is 0 Å². The number of unbranched alkanes of at least 4 members (excludes halogenated alkanes) is 3. The van der Waals surface area contributed by atoms with E-state index in [0.29, 0.717) is 0 Å². The molecule has 0 saturated carbocycles. The third-order valence-electron chi connectivity index (χ3n) is 5.21. The zero-order valence-corrected chi connectivity index (χ0v) is 15.9. The Hall–Kier alpha value is -2.29. The summed E-state index contributed by atoms with van der Waals surface area (Å²) in [5.74, 6) is 0.162. The van der Waals surface area contributed by atoms with E-state index in [1.165, 1.54) is 36.9 Å². The van der Waals surface area contributed by atoms with E-state index >= 15 is 0 Å². The zero-order valence-electron chi connectivity index (χ0n) is 15.9. The van der Waals surface area contributed by atoms with E-state index in [9.17, 15) is 4.79 Å². The quantitative estimate of drug-likeness (QED) is 0.672. The molecule has 0 aromatic heterocycles. The number of rotatable bonds is 7. The highest BCUT2D eigenvalue weighted by atomic mass is 16.2. The lowest BCUT2D eigenvalue weighted by Crippen LogP contribution is -2.48. The smallest absolute Gasteiger partial charge is 0.253 e. The number of para-hydroxylation sites is 1. The van der Waals surface area contributed by atoms with Crippen LogP contribution >= 0.6 is 0 Å². The number of carbonyl (C=O) groups is 1. The highest BCUT2D eigenvalue weighted by molar-refractivity contribution is 5.94. The molecule has 0 aliphatic carbocycles. The minimum atomic E-state index is 0.162. The number of carbonyl (C=O) groups excluding carboxylic acids is 1. The molecule has 0 N–H and O–H groups in total. The van der Waals surface area contributed by atoms with Crippen molar-refractivity contribution >= 4 is 11.6 Å². The van der Waals surface area contributed by atoms with E-state index in [2.05, 4.69) is 48.2 Å². The van der Waals surface area contributed by atoms with Crippen LogP contribution in [0.25, 0.3) is 0 Å². The molecule has 1 amide bonds. The molecule has 1 aliphatic heterocycles. The van der Waals surface area contributed by atoms with Crippen molar-refractivity contribution < 1.29 is 4.79 Å². The molecular weight excluding hydrogens is 320 g/mol. The number of piperazine rings is 1. The number of nitrogens with zero attached hydrogens (tertiary/aromatic N) is 2. The van der Waals surface area contributed by atoms with Crippen LogP contribution in [0.1, 0.15) is 48.5 Å². The fourth-order valence-electron chi connectivity index (χ4n) is 3.56. The van der Waals surface area contributed by atoms with Crippen LogP contribution in [0.15, 0.2) is 54.6 Å². The first kappa shape index (κ1) is 18.5. The van der Waals surface area contributed by atoms with Gasteiger partial charge in [0, 0.05) is 37.4 Å². The molecule has 3 heteroatoms. The Morgan fingerprint density at radius 3 is 2.19 bits per heavy atom. The number of hydrogen-bond donors (Lipinski definition) is 0. The van der Waals surface area contributed by atoms with Gasteiger partial charge in [0.1, 0.15) is 0 Å². The van der Waals surface area contributed by atoms with Gasteiger partial charge in [-0.1, -0.05) is 56.5 Å². The summed E-state index contributed by atoms with van der Waals surface area (Å²) in [4.78, 5) is 17.1. The van der Waals surface area contributed by atoms with Crippen LogP contribution in [0.2, 0.25) is 0 Å². The van der Waals surface area contributed by atoms with Crippen LogP contribution in [-0.2, 0) is 6.42 Å². The van der Waals surface area contributed by atoms with Gasteiger partial charge < -0.3 is 9.80 Å². The van der Waals surface area contributed by atoms with Gasteiger partial charge in [0.05, 0.1) is 0 Å². The number of anilines is 1. The molecule has 0 radical (unpaired) electrons. The standard InChI is InChI=1S/C23H30N2O/c1-2-3-4-6-9-20-12-14-21(15-13-20)23(26)25-18-16-24(17-19-25)22-10-7-5-8-11-22/h5,7-8,10-15H,2-4,6,9,16-19H2,1H3. The van der Waals surface area contributed by atoms with Gasteiger partial charge in [-0.25, -0.2) is 0 Å². The summed E-state index contributed by atoms with van der Waals surface area (Å²) in [6.07, 6.45) is 6.23. The molecule has 0 unspecified atom stereocenters. The summed E-state index contributed by atoms with van der Waals surface area (Å²) in [6.45, 7) is 5.59. The Labute approximate surface area is 157 Å². The second kappa shape index (κ2) is 9.42. The molecule has 1 fully saturated rings. The van der Waals surface area contributed by atoms with E-state index < -0.39 is 0 Å². The summed E-state index contributed by atoms with van der Waals surface area (Å²) in [5, 5.41) is 0. The molecule has 138 valence electrons. The van der Waals surface area contributed by atoms with E-state index in [0.717, 1.165) is 38.2 Å². The van der Waals surface area contributed by atoms with Crippen LogP contribution in [0.3, 0.4) is 0 Å². The third-order valence-corrected chi connectivity index (χ3v) is 5.21. The second-order valence-electron chi connectivity index (χ2n) is 7.12. The van der Waals surface area contributed by atoms with Gasteiger partial charge in [-0.2, -0.15) is 0 Å². The van der Waals surface area contributed by atoms with Crippen molar-refractivity contribution in [3.8, 4) is 0 Å². The van der Waals surface area contributed by atoms with E-state index in [-0.39, 0.29) is 5.91 Å². The summed E-state index contributed by atoms with van der Waals surface area (Å²) in [7, 11) is 0.